The van der Waals surface area contributed by atoms with Crippen molar-refractivity contribution >= 4 is 11.8 Å². The molecule has 0 spiro atoms. The second-order valence-corrected chi connectivity index (χ2v) is 8.47. The molecule has 2 aromatic rings. The summed E-state index contributed by atoms with van der Waals surface area (Å²) in [7, 11) is 0. The molecule has 0 bridgehead atoms. The van der Waals surface area contributed by atoms with Gasteiger partial charge in [-0.25, -0.2) is 4.39 Å². The zero-order valence-corrected chi connectivity index (χ0v) is 18.3. The molecule has 1 unspecified atom stereocenters. The summed E-state index contributed by atoms with van der Waals surface area (Å²) in [5, 5.41) is 3.06. The maximum absolute atomic E-state index is 14.3. The van der Waals surface area contributed by atoms with E-state index in [0.29, 0.717) is 23.5 Å². The zero-order valence-electron chi connectivity index (χ0n) is 18.3. The minimum Gasteiger partial charge on any atom is -0.454 e. The van der Waals surface area contributed by atoms with Gasteiger partial charge in [-0.2, -0.15) is 0 Å². The first-order chi connectivity index (χ1) is 15.5. The van der Waals surface area contributed by atoms with E-state index in [-0.39, 0.29) is 43.4 Å². The van der Waals surface area contributed by atoms with Crippen LogP contribution in [0.15, 0.2) is 42.5 Å². The Kier molecular flexibility index (Phi) is 6.93. The third-order valence-electron chi connectivity index (χ3n) is 6.23. The lowest BCUT2D eigenvalue weighted by Gasteiger charge is -2.30. The average Bonchev–Trinajstić information content (AvgIpc) is 3.48. The lowest BCUT2D eigenvalue weighted by molar-refractivity contribution is -0.140. The van der Waals surface area contributed by atoms with Crippen molar-refractivity contribution in [1.82, 2.24) is 10.2 Å². The van der Waals surface area contributed by atoms with Gasteiger partial charge in [-0.15, -0.1) is 0 Å². The minimum absolute atomic E-state index is 0.0475. The largest absolute Gasteiger partial charge is 0.454 e. The summed E-state index contributed by atoms with van der Waals surface area (Å²) in [4.78, 5) is 27.6. The molecular formula is C25H29FN2O4. The number of ether oxygens (including phenoxy) is 2. The van der Waals surface area contributed by atoms with Crippen LogP contribution in [0.4, 0.5) is 4.39 Å². The van der Waals surface area contributed by atoms with Gasteiger partial charge in [0.2, 0.25) is 18.6 Å². The van der Waals surface area contributed by atoms with Crippen molar-refractivity contribution in [1.29, 1.82) is 0 Å². The highest BCUT2D eigenvalue weighted by atomic mass is 19.1. The van der Waals surface area contributed by atoms with E-state index >= 15 is 0 Å². The molecule has 0 saturated heterocycles. The van der Waals surface area contributed by atoms with Crippen LogP contribution in [0, 0.1) is 5.82 Å². The molecule has 4 rings (SSSR count). The van der Waals surface area contributed by atoms with Gasteiger partial charge in [-0.1, -0.05) is 37.1 Å². The fraction of sp³-hybridized carbons (Fsp3) is 0.440. The topological polar surface area (TPSA) is 67.9 Å². The number of nitrogens with zero attached hydrogens (tertiary/aromatic N) is 1. The number of hydrogen-bond acceptors (Lipinski definition) is 4. The van der Waals surface area contributed by atoms with E-state index in [1.807, 2.05) is 18.2 Å². The second kappa shape index (κ2) is 10.0. The summed E-state index contributed by atoms with van der Waals surface area (Å²) in [6.07, 6.45) is 4.82. The molecule has 1 aliphatic carbocycles. The SMILES string of the molecule is CC(C(=O)NC1CCCC1)N(Cc1ccccc1F)C(=O)CCc1ccc2c(c1)OCO2. The van der Waals surface area contributed by atoms with Crippen LogP contribution in [-0.4, -0.2) is 35.6 Å². The Bertz CT molecular complexity index is 974. The van der Waals surface area contributed by atoms with Crippen LogP contribution in [0.3, 0.4) is 0 Å². The number of benzene rings is 2. The number of hydrogen-bond donors (Lipinski definition) is 1. The molecule has 2 aliphatic rings. The van der Waals surface area contributed by atoms with Crippen molar-refractivity contribution in [3.63, 3.8) is 0 Å². The molecule has 0 radical (unpaired) electrons. The number of halogens is 1. The molecule has 2 aromatic carbocycles. The first-order valence-corrected chi connectivity index (χ1v) is 11.2. The fourth-order valence-corrected chi connectivity index (χ4v) is 4.28. The van der Waals surface area contributed by atoms with Crippen LogP contribution in [-0.2, 0) is 22.6 Å². The van der Waals surface area contributed by atoms with E-state index in [2.05, 4.69) is 5.32 Å². The van der Waals surface area contributed by atoms with Crippen LogP contribution in [0.25, 0.3) is 0 Å². The zero-order chi connectivity index (χ0) is 22.5. The van der Waals surface area contributed by atoms with Crippen molar-refractivity contribution in [3.8, 4) is 11.5 Å². The number of amides is 2. The van der Waals surface area contributed by atoms with Crippen molar-refractivity contribution < 1.29 is 23.5 Å². The smallest absolute Gasteiger partial charge is 0.242 e. The molecule has 1 aliphatic heterocycles. The Labute approximate surface area is 187 Å². The quantitative estimate of drug-likeness (QED) is 0.675. The lowest BCUT2D eigenvalue weighted by Crippen LogP contribution is -2.49. The predicted octanol–water partition coefficient (Wildman–Crippen LogP) is 3.96. The first-order valence-electron chi connectivity index (χ1n) is 11.2. The van der Waals surface area contributed by atoms with Crippen LogP contribution in [0.2, 0.25) is 0 Å². The van der Waals surface area contributed by atoms with Gasteiger partial charge < -0.3 is 19.7 Å². The van der Waals surface area contributed by atoms with Crippen LogP contribution < -0.4 is 14.8 Å². The molecule has 2 amide bonds. The number of fused-ring (bicyclic) bond motifs is 1. The van der Waals surface area contributed by atoms with E-state index in [4.69, 9.17) is 9.47 Å². The average molecular weight is 441 g/mol. The molecule has 1 atom stereocenters. The Morgan fingerprint density at radius 2 is 1.88 bits per heavy atom. The lowest BCUT2D eigenvalue weighted by atomic mass is 10.1. The van der Waals surface area contributed by atoms with Gasteiger partial charge in [0, 0.05) is 24.6 Å². The summed E-state index contributed by atoms with van der Waals surface area (Å²) >= 11 is 0. The van der Waals surface area contributed by atoms with Gasteiger partial charge in [0.25, 0.3) is 0 Å². The highest BCUT2D eigenvalue weighted by Crippen LogP contribution is 2.32. The second-order valence-electron chi connectivity index (χ2n) is 8.47. The summed E-state index contributed by atoms with van der Waals surface area (Å²) in [6, 6.07) is 11.4. The summed E-state index contributed by atoms with van der Waals surface area (Å²) in [5.41, 5.74) is 1.33. The van der Waals surface area contributed by atoms with Gasteiger partial charge in [0.1, 0.15) is 11.9 Å². The Hall–Kier alpha value is -3.09. The number of nitrogens with one attached hydrogen (secondary N) is 1. The minimum atomic E-state index is -0.695. The van der Waals surface area contributed by atoms with Crippen molar-refractivity contribution in [3.05, 3.63) is 59.4 Å². The van der Waals surface area contributed by atoms with Crippen LogP contribution in [0.5, 0.6) is 11.5 Å². The molecule has 1 heterocycles. The van der Waals surface area contributed by atoms with Crippen molar-refractivity contribution in [2.75, 3.05) is 6.79 Å². The van der Waals surface area contributed by atoms with E-state index in [9.17, 15) is 14.0 Å². The molecule has 0 aromatic heterocycles. The number of carbonyl (C=O) groups excluding carboxylic acids is 2. The monoisotopic (exact) mass is 440 g/mol. The molecule has 7 heteroatoms. The maximum Gasteiger partial charge on any atom is 0.242 e. The molecule has 32 heavy (non-hydrogen) atoms. The normalized spacial score (nSPS) is 16.1. The fourth-order valence-electron chi connectivity index (χ4n) is 4.28. The number of aryl methyl sites for hydroxylation is 1. The van der Waals surface area contributed by atoms with Gasteiger partial charge in [0.05, 0.1) is 0 Å². The Morgan fingerprint density at radius 3 is 2.66 bits per heavy atom. The van der Waals surface area contributed by atoms with E-state index in [0.717, 1.165) is 31.2 Å². The van der Waals surface area contributed by atoms with E-state index in [1.165, 1.54) is 11.0 Å². The van der Waals surface area contributed by atoms with Crippen LogP contribution >= 0.6 is 0 Å². The summed E-state index contributed by atoms with van der Waals surface area (Å²) in [5.74, 6) is 0.593. The summed E-state index contributed by atoms with van der Waals surface area (Å²) < 4.78 is 25.1. The standard InChI is InChI=1S/C25H29FN2O4/c1-17(25(30)27-20-7-3-4-8-20)28(15-19-6-2-5-9-21(19)26)24(29)13-11-18-10-12-22-23(14-18)32-16-31-22/h2,5-6,9-10,12,14,17,20H,3-4,7-8,11,13,15-16H2,1H3,(H,27,30). The summed E-state index contributed by atoms with van der Waals surface area (Å²) in [6.45, 7) is 1.96. The maximum atomic E-state index is 14.3. The molecule has 1 N–H and O–H groups in total. The third-order valence-corrected chi connectivity index (χ3v) is 6.23. The molecule has 1 fully saturated rings. The Morgan fingerprint density at radius 1 is 1.12 bits per heavy atom. The number of rotatable bonds is 8. The highest BCUT2D eigenvalue weighted by Gasteiger charge is 2.29. The molecule has 1 saturated carbocycles. The highest BCUT2D eigenvalue weighted by molar-refractivity contribution is 5.87. The van der Waals surface area contributed by atoms with Crippen LogP contribution in [0.1, 0.15) is 50.2 Å². The number of carbonyl (C=O) groups is 2. The molecule has 170 valence electrons. The van der Waals surface area contributed by atoms with Gasteiger partial charge in [-0.3, -0.25) is 9.59 Å². The first kappa shape index (κ1) is 22.1. The molecule has 6 nitrogen and oxygen atoms in total. The van der Waals surface area contributed by atoms with Gasteiger partial charge in [0.15, 0.2) is 11.5 Å². The van der Waals surface area contributed by atoms with Gasteiger partial charge >= 0.3 is 0 Å². The van der Waals surface area contributed by atoms with Crippen molar-refractivity contribution in [2.24, 2.45) is 0 Å². The van der Waals surface area contributed by atoms with Gasteiger partial charge in [-0.05, 0) is 49.9 Å². The molecular weight excluding hydrogens is 411 g/mol. The third kappa shape index (κ3) is 5.21. The predicted molar refractivity (Wildman–Crippen MR) is 118 cm³/mol. The van der Waals surface area contributed by atoms with E-state index < -0.39 is 6.04 Å². The van der Waals surface area contributed by atoms with Crippen molar-refractivity contribution in [2.45, 2.75) is 64.1 Å². The Balaban J connectivity index is 1.46. The van der Waals surface area contributed by atoms with E-state index in [1.54, 1.807) is 25.1 Å².